The molecule has 0 spiro atoms. The van der Waals surface area contributed by atoms with Crippen molar-refractivity contribution in [3.05, 3.63) is 59.3 Å². The van der Waals surface area contributed by atoms with Gasteiger partial charge in [0.2, 0.25) is 0 Å². The monoisotopic (exact) mass is 298 g/mol. The van der Waals surface area contributed by atoms with Crippen molar-refractivity contribution in [1.29, 1.82) is 0 Å². The second-order valence-electron chi connectivity index (χ2n) is 5.08. The van der Waals surface area contributed by atoms with E-state index in [0.29, 0.717) is 23.4 Å². The highest BCUT2D eigenvalue weighted by atomic mass is 35.5. The fourth-order valence-corrected chi connectivity index (χ4v) is 2.73. The molecular formula is C18H15ClO2. The van der Waals surface area contributed by atoms with Gasteiger partial charge in [0, 0.05) is 23.8 Å². The quantitative estimate of drug-likeness (QED) is 0.656. The minimum Gasteiger partial charge on any atom is -0.459 e. The summed E-state index contributed by atoms with van der Waals surface area (Å²) in [5.41, 5.74) is 2.81. The predicted octanol–water partition coefficient (Wildman–Crippen LogP) is 5.27. The van der Waals surface area contributed by atoms with Crippen LogP contribution in [-0.4, -0.2) is 5.78 Å². The number of carbonyl (C=O) groups is 1. The minimum atomic E-state index is 0.153. The zero-order valence-corrected chi connectivity index (χ0v) is 12.5. The molecule has 1 aromatic heterocycles. The number of carbonyl (C=O) groups excluding carboxylic acids is 1. The number of halogens is 1. The van der Waals surface area contributed by atoms with E-state index in [2.05, 4.69) is 0 Å². The van der Waals surface area contributed by atoms with Gasteiger partial charge in [-0.15, -0.1) is 0 Å². The van der Waals surface area contributed by atoms with Gasteiger partial charge in [-0.2, -0.15) is 0 Å². The summed E-state index contributed by atoms with van der Waals surface area (Å²) in [5.74, 6) is 0.972. The van der Waals surface area contributed by atoms with Gasteiger partial charge in [-0.05, 0) is 18.6 Å². The van der Waals surface area contributed by atoms with E-state index >= 15 is 0 Å². The number of para-hydroxylation sites is 1. The van der Waals surface area contributed by atoms with Crippen molar-refractivity contribution >= 4 is 28.4 Å². The van der Waals surface area contributed by atoms with Gasteiger partial charge in [0.1, 0.15) is 11.5 Å². The number of hydrogen-bond acceptors (Lipinski definition) is 2. The van der Waals surface area contributed by atoms with Crippen molar-refractivity contribution in [3.63, 3.8) is 0 Å². The SMILES string of the molecule is CC(=O)CCc1oc2c(Cl)cccc2c1-c1ccccc1. The number of aryl methyl sites for hydroxylation is 1. The van der Waals surface area contributed by atoms with Crippen LogP contribution in [0.25, 0.3) is 22.1 Å². The lowest BCUT2D eigenvalue weighted by molar-refractivity contribution is -0.117. The number of fused-ring (bicyclic) bond motifs is 1. The van der Waals surface area contributed by atoms with Crippen molar-refractivity contribution in [2.45, 2.75) is 19.8 Å². The van der Waals surface area contributed by atoms with E-state index in [1.807, 2.05) is 48.5 Å². The van der Waals surface area contributed by atoms with Gasteiger partial charge < -0.3 is 9.21 Å². The van der Waals surface area contributed by atoms with Gasteiger partial charge in [-0.3, -0.25) is 0 Å². The van der Waals surface area contributed by atoms with E-state index < -0.39 is 0 Å². The van der Waals surface area contributed by atoms with E-state index in [4.69, 9.17) is 16.0 Å². The summed E-state index contributed by atoms with van der Waals surface area (Å²) in [4.78, 5) is 11.3. The fourth-order valence-electron chi connectivity index (χ4n) is 2.52. The van der Waals surface area contributed by atoms with Crippen LogP contribution in [0.3, 0.4) is 0 Å². The lowest BCUT2D eigenvalue weighted by Crippen LogP contribution is -1.94. The number of hydrogen-bond donors (Lipinski definition) is 0. The second kappa shape index (κ2) is 5.74. The van der Waals surface area contributed by atoms with Gasteiger partial charge in [-0.1, -0.05) is 54.1 Å². The highest BCUT2D eigenvalue weighted by Crippen LogP contribution is 2.38. The molecule has 2 nitrogen and oxygen atoms in total. The summed E-state index contributed by atoms with van der Waals surface area (Å²) >= 11 is 6.23. The summed E-state index contributed by atoms with van der Waals surface area (Å²) in [5, 5.41) is 1.59. The molecule has 0 amide bonds. The second-order valence-corrected chi connectivity index (χ2v) is 5.49. The van der Waals surface area contributed by atoms with E-state index in [-0.39, 0.29) is 5.78 Å². The molecule has 0 fully saturated rings. The average molecular weight is 299 g/mol. The molecule has 2 aromatic carbocycles. The molecule has 0 atom stereocenters. The van der Waals surface area contributed by atoms with Crippen LogP contribution >= 0.6 is 11.6 Å². The van der Waals surface area contributed by atoms with Gasteiger partial charge in [0.25, 0.3) is 0 Å². The van der Waals surface area contributed by atoms with E-state index in [9.17, 15) is 4.79 Å². The van der Waals surface area contributed by atoms with Gasteiger partial charge in [0.15, 0.2) is 5.58 Å². The lowest BCUT2D eigenvalue weighted by atomic mass is 10.00. The van der Waals surface area contributed by atoms with Crippen LogP contribution in [0.1, 0.15) is 19.1 Å². The highest BCUT2D eigenvalue weighted by Gasteiger charge is 2.17. The lowest BCUT2D eigenvalue weighted by Gasteiger charge is -2.02. The Balaban J connectivity index is 2.21. The van der Waals surface area contributed by atoms with Crippen LogP contribution in [0.5, 0.6) is 0 Å². The Kier molecular flexibility index (Phi) is 3.80. The molecule has 0 bridgehead atoms. The summed E-state index contributed by atoms with van der Waals surface area (Å²) in [6.45, 7) is 1.60. The number of rotatable bonds is 4. The van der Waals surface area contributed by atoms with E-state index in [1.54, 1.807) is 6.92 Å². The van der Waals surface area contributed by atoms with Crippen molar-refractivity contribution in [3.8, 4) is 11.1 Å². The number of furan rings is 1. The van der Waals surface area contributed by atoms with Gasteiger partial charge in [-0.25, -0.2) is 0 Å². The van der Waals surface area contributed by atoms with Crippen molar-refractivity contribution in [2.75, 3.05) is 0 Å². The van der Waals surface area contributed by atoms with E-state index in [0.717, 1.165) is 22.3 Å². The molecule has 3 aromatic rings. The highest BCUT2D eigenvalue weighted by molar-refractivity contribution is 6.35. The Labute approximate surface area is 128 Å². The normalized spacial score (nSPS) is 11.0. The summed E-state index contributed by atoms with van der Waals surface area (Å²) < 4.78 is 5.95. The molecule has 0 radical (unpaired) electrons. The molecule has 0 aliphatic carbocycles. The molecule has 0 N–H and O–H groups in total. The molecule has 0 aliphatic heterocycles. The van der Waals surface area contributed by atoms with Crippen LogP contribution < -0.4 is 0 Å². The third kappa shape index (κ3) is 2.72. The zero-order valence-electron chi connectivity index (χ0n) is 11.7. The van der Waals surface area contributed by atoms with E-state index in [1.165, 1.54) is 0 Å². The summed E-state index contributed by atoms with van der Waals surface area (Å²) in [6, 6.07) is 15.8. The fraction of sp³-hybridized carbons (Fsp3) is 0.167. The molecule has 0 saturated heterocycles. The first-order valence-electron chi connectivity index (χ1n) is 6.91. The molecular weight excluding hydrogens is 284 g/mol. The molecule has 21 heavy (non-hydrogen) atoms. The number of ketones is 1. The third-order valence-corrected chi connectivity index (χ3v) is 3.80. The number of Topliss-reactive ketones (excluding diaryl/α,β-unsaturated/α-hetero) is 1. The predicted molar refractivity (Wildman–Crippen MR) is 85.7 cm³/mol. The molecule has 3 heteroatoms. The molecule has 3 rings (SSSR count). The molecule has 1 heterocycles. The first kappa shape index (κ1) is 13.9. The van der Waals surface area contributed by atoms with Gasteiger partial charge in [0.05, 0.1) is 5.02 Å². The van der Waals surface area contributed by atoms with Crippen LogP contribution in [0.4, 0.5) is 0 Å². The number of benzene rings is 2. The topological polar surface area (TPSA) is 30.2 Å². The summed E-state index contributed by atoms with van der Waals surface area (Å²) in [6.07, 6.45) is 1.06. The maximum Gasteiger partial charge on any atom is 0.153 e. The first-order chi connectivity index (χ1) is 10.2. The van der Waals surface area contributed by atoms with Crippen molar-refractivity contribution in [1.82, 2.24) is 0 Å². The van der Waals surface area contributed by atoms with Crippen molar-refractivity contribution < 1.29 is 9.21 Å². The van der Waals surface area contributed by atoms with Crippen LogP contribution in [0.2, 0.25) is 5.02 Å². The Bertz CT molecular complexity index is 788. The third-order valence-electron chi connectivity index (χ3n) is 3.51. The minimum absolute atomic E-state index is 0.153. The molecule has 106 valence electrons. The Morgan fingerprint density at radius 1 is 1.10 bits per heavy atom. The molecule has 0 unspecified atom stereocenters. The standard InChI is InChI=1S/C18H15ClO2/c1-12(20)10-11-16-17(13-6-3-2-4-7-13)14-8-5-9-15(19)18(14)21-16/h2-9H,10-11H2,1H3. The smallest absolute Gasteiger partial charge is 0.153 e. The summed E-state index contributed by atoms with van der Waals surface area (Å²) in [7, 11) is 0. The van der Waals surface area contributed by atoms with Crippen LogP contribution in [-0.2, 0) is 11.2 Å². The maximum absolute atomic E-state index is 11.3. The van der Waals surface area contributed by atoms with Crippen LogP contribution in [0.15, 0.2) is 52.9 Å². The Morgan fingerprint density at radius 2 is 1.86 bits per heavy atom. The first-order valence-corrected chi connectivity index (χ1v) is 7.29. The van der Waals surface area contributed by atoms with Crippen LogP contribution in [0, 0.1) is 0 Å². The van der Waals surface area contributed by atoms with Gasteiger partial charge >= 0.3 is 0 Å². The molecule has 0 aliphatic rings. The Hall–Kier alpha value is -2.06. The molecule has 0 saturated carbocycles. The average Bonchev–Trinajstić information content (AvgIpc) is 2.86. The Morgan fingerprint density at radius 3 is 2.57 bits per heavy atom. The zero-order chi connectivity index (χ0) is 14.8. The largest absolute Gasteiger partial charge is 0.459 e. The van der Waals surface area contributed by atoms with Crippen molar-refractivity contribution in [2.24, 2.45) is 0 Å². The maximum atomic E-state index is 11.3.